The number of nitrogens with zero attached hydrogens (tertiary/aromatic N) is 2. The molecule has 5 rings (SSSR count). The highest BCUT2D eigenvalue weighted by Gasteiger charge is 2.25. The van der Waals surface area contributed by atoms with E-state index in [1.165, 1.54) is 53.9 Å². The van der Waals surface area contributed by atoms with Crippen LogP contribution in [0.3, 0.4) is 0 Å². The van der Waals surface area contributed by atoms with Crippen LogP contribution in [-0.4, -0.2) is 40.6 Å². The molecule has 0 unspecified atom stereocenters. The van der Waals surface area contributed by atoms with Crippen LogP contribution in [-0.2, 0) is 16.6 Å². The van der Waals surface area contributed by atoms with Gasteiger partial charge in [0.2, 0.25) is 0 Å². The number of amides is 1. The van der Waals surface area contributed by atoms with Crippen LogP contribution in [0.2, 0.25) is 0 Å². The summed E-state index contributed by atoms with van der Waals surface area (Å²) in [7, 11) is 0.785. The van der Waals surface area contributed by atoms with Crippen molar-refractivity contribution in [2.24, 2.45) is 0 Å². The Balaban J connectivity index is 1.44. The maximum atomic E-state index is 13.8. The first-order chi connectivity index (χ1) is 19.3. The second-order valence-electron chi connectivity index (χ2n) is 8.47. The quantitative estimate of drug-likeness (QED) is 0.228. The van der Waals surface area contributed by atoms with Gasteiger partial charge in [-0.3, -0.25) is 14.4 Å². The van der Waals surface area contributed by atoms with E-state index in [9.17, 15) is 13.2 Å². The van der Waals surface area contributed by atoms with Gasteiger partial charge in [-0.05, 0) is 72.8 Å². The lowest BCUT2D eigenvalue weighted by Crippen LogP contribution is -2.30. The van der Waals surface area contributed by atoms with E-state index in [0.29, 0.717) is 44.9 Å². The summed E-state index contributed by atoms with van der Waals surface area (Å²) >= 11 is 1.29. The summed E-state index contributed by atoms with van der Waals surface area (Å²) in [5.74, 6) is 1.93. The Morgan fingerprint density at radius 2 is 1.62 bits per heavy atom. The molecule has 12 heteroatoms. The summed E-state index contributed by atoms with van der Waals surface area (Å²) in [4.78, 5) is 20.1. The van der Waals surface area contributed by atoms with E-state index in [0.717, 1.165) is 4.70 Å². The number of thiazole rings is 1. The lowest BCUT2D eigenvalue weighted by molar-refractivity contribution is 0.0983. The number of benzene rings is 3. The maximum Gasteiger partial charge on any atom is 0.261 e. The third kappa shape index (κ3) is 5.44. The number of methoxy groups -OCH3 is 3. The molecule has 1 N–H and O–H groups in total. The summed E-state index contributed by atoms with van der Waals surface area (Å²) in [6.45, 7) is 0.127. The topological polar surface area (TPSA) is 120 Å². The molecule has 0 aliphatic heterocycles. The smallest absolute Gasteiger partial charge is 0.261 e. The Morgan fingerprint density at radius 1 is 0.925 bits per heavy atom. The molecule has 206 valence electrons. The minimum Gasteiger partial charge on any atom is -0.497 e. The molecule has 0 spiro atoms. The zero-order valence-electron chi connectivity index (χ0n) is 21.8. The first-order valence-corrected chi connectivity index (χ1v) is 14.3. The molecular formula is C28H25N3O7S2. The predicted octanol–water partition coefficient (Wildman–Crippen LogP) is 5.56. The van der Waals surface area contributed by atoms with Crippen LogP contribution < -0.4 is 23.8 Å². The second kappa shape index (κ2) is 11.3. The van der Waals surface area contributed by atoms with Crippen LogP contribution >= 0.6 is 11.3 Å². The van der Waals surface area contributed by atoms with Gasteiger partial charge in [-0.25, -0.2) is 13.4 Å². The molecule has 3 aromatic carbocycles. The first kappa shape index (κ1) is 27.0. The van der Waals surface area contributed by atoms with Crippen molar-refractivity contribution in [1.29, 1.82) is 0 Å². The molecule has 0 saturated carbocycles. The molecule has 2 heterocycles. The highest BCUT2D eigenvalue weighted by Crippen LogP contribution is 2.40. The number of sulfonamides is 1. The number of hydrogen-bond acceptors (Lipinski definition) is 9. The molecule has 40 heavy (non-hydrogen) atoms. The SMILES string of the molecule is COc1ccc(S(=O)(=O)Nc2ccc(C(=O)N(Cc3ccco3)c3nc4c(OC)ccc(OC)c4s3)cc2)cc1. The fraction of sp³-hybridized carbons (Fsp3) is 0.143. The van der Waals surface area contributed by atoms with Crippen molar-refractivity contribution in [1.82, 2.24) is 4.98 Å². The standard InChI is InChI=1S/C28H25N3O7S2/c1-35-20-10-12-22(13-11-20)40(33,34)30-19-8-6-18(7-9-19)27(32)31(17-21-5-4-16-38-21)28-29-25-23(36-2)14-15-24(37-3)26(25)39-28/h4-16,30H,17H2,1-3H3. The van der Waals surface area contributed by atoms with Crippen LogP contribution in [0, 0.1) is 0 Å². The van der Waals surface area contributed by atoms with Gasteiger partial charge in [-0.2, -0.15) is 0 Å². The van der Waals surface area contributed by atoms with Crippen LogP contribution in [0.15, 0.2) is 88.4 Å². The third-order valence-corrected chi connectivity index (χ3v) is 8.51. The molecule has 10 nitrogen and oxygen atoms in total. The Morgan fingerprint density at radius 3 is 2.25 bits per heavy atom. The number of fused-ring (bicyclic) bond motifs is 1. The molecule has 0 radical (unpaired) electrons. The number of aromatic nitrogens is 1. The highest BCUT2D eigenvalue weighted by molar-refractivity contribution is 7.92. The summed E-state index contributed by atoms with van der Waals surface area (Å²) in [5, 5.41) is 0.420. The van der Waals surface area contributed by atoms with E-state index in [2.05, 4.69) is 4.72 Å². The number of nitrogens with one attached hydrogen (secondary N) is 1. The molecule has 0 atom stereocenters. The molecule has 2 aromatic heterocycles. The molecule has 5 aromatic rings. The largest absolute Gasteiger partial charge is 0.497 e. The van der Waals surface area contributed by atoms with Crippen molar-refractivity contribution in [3.05, 3.63) is 90.4 Å². The van der Waals surface area contributed by atoms with Gasteiger partial charge in [0.15, 0.2) is 5.13 Å². The Labute approximate surface area is 234 Å². The Bertz CT molecular complexity index is 1690. The summed E-state index contributed by atoms with van der Waals surface area (Å²) in [6, 6.07) is 19.3. The Hall–Kier alpha value is -4.55. The van der Waals surface area contributed by atoms with Crippen molar-refractivity contribution in [2.75, 3.05) is 31.0 Å². The fourth-order valence-corrected chi connectivity index (χ4v) is 6.11. The number of furan rings is 1. The van der Waals surface area contributed by atoms with E-state index in [1.807, 2.05) is 0 Å². The van der Waals surface area contributed by atoms with E-state index >= 15 is 0 Å². The van der Waals surface area contributed by atoms with Crippen LogP contribution in [0.5, 0.6) is 17.2 Å². The third-order valence-electron chi connectivity index (χ3n) is 6.02. The zero-order chi connectivity index (χ0) is 28.3. The first-order valence-electron chi connectivity index (χ1n) is 12.0. The van der Waals surface area contributed by atoms with Gasteiger partial charge in [0.05, 0.1) is 39.0 Å². The van der Waals surface area contributed by atoms with Crippen molar-refractivity contribution in [3.8, 4) is 17.2 Å². The van der Waals surface area contributed by atoms with Crippen molar-refractivity contribution in [3.63, 3.8) is 0 Å². The van der Waals surface area contributed by atoms with Crippen molar-refractivity contribution >= 4 is 48.3 Å². The van der Waals surface area contributed by atoms with E-state index < -0.39 is 10.0 Å². The van der Waals surface area contributed by atoms with Gasteiger partial charge in [-0.15, -0.1) is 0 Å². The average Bonchev–Trinajstić information content (AvgIpc) is 3.66. The predicted molar refractivity (Wildman–Crippen MR) is 152 cm³/mol. The zero-order valence-corrected chi connectivity index (χ0v) is 23.4. The maximum absolute atomic E-state index is 13.8. The number of rotatable bonds is 10. The molecule has 0 bridgehead atoms. The minimum absolute atomic E-state index is 0.0831. The van der Waals surface area contributed by atoms with Crippen LogP contribution in [0.1, 0.15) is 16.1 Å². The van der Waals surface area contributed by atoms with Gasteiger partial charge in [0, 0.05) is 11.3 Å². The summed E-state index contributed by atoms with van der Waals surface area (Å²) in [6.07, 6.45) is 1.53. The lowest BCUT2D eigenvalue weighted by atomic mass is 10.2. The number of hydrogen-bond donors (Lipinski definition) is 1. The second-order valence-corrected chi connectivity index (χ2v) is 11.1. The fourth-order valence-electron chi connectivity index (χ4n) is 3.98. The molecule has 1 amide bonds. The van der Waals surface area contributed by atoms with Gasteiger partial charge in [0.25, 0.3) is 15.9 Å². The van der Waals surface area contributed by atoms with Crippen LogP contribution in [0.4, 0.5) is 10.8 Å². The van der Waals surface area contributed by atoms with Gasteiger partial charge >= 0.3 is 0 Å². The number of carbonyl (C=O) groups excluding carboxylic acids is 1. The molecule has 0 fully saturated rings. The highest BCUT2D eigenvalue weighted by atomic mass is 32.2. The van der Waals surface area contributed by atoms with Gasteiger partial charge in [-0.1, -0.05) is 11.3 Å². The number of anilines is 2. The molecule has 0 aliphatic carbocycles. The van der Waals surface area contributed by atoms with Gasteiger partial charge in [0.1, 0.15) is 33.2 Å². The van der Waals surface area contributed by atoms with Crippen LogP contribution in [0.25, 0.3) is 10.2 Å². The van der Waals surface area contributed by atoms with Crippen molar-refractivity contribution in [2.45, 2.75) is 11.4 Å². The number of carbonyl (C=O) groups is 1. The monoisotopic (exact) mass is 579 g/mol. The van der Waals surface area contributed by atoms with E-state index in [1.54, 1.807) is 62.8 Å². The van der Waals surface area contributed by atoms with Gasteiger partial charge < -0.3 is 18.6 Å². The Kier molecular flexibility index (Phi) is 7.63. The normalized spacial score (nSPS) is 11.3. The average molecular weight is 580 g/mol. The van der Waals surface area contributed by atoms with E-state index in [4.69, 9.17) is 23.6 Å². The molecular weight excluding hydrogens is 554 g/mol. The summed E-state index contributed by atoms with van der Waals surface area (Å²) in [5.41, 5.74) is 1.21. The molecule has 0 saturated heterocycles. The molecule has 0 aliphatic rings. The minimum atomic E-state index is -3.84. The summed E-state index contributed by atoms with van der Waals surface area (Å²) < 4.78 is 50.5. The number of ether oxygens (including phenoxy) is 3. The lowest BCUT2D eigenvalue weighted by Gasteiger charge is -2.19. The van der Waals surface area contributed by atoms with E-state index in [-0.39, 0.29) is 17.3 Å². The van der Waals surface area contributed by atoms with Crippen molar-refractivity contribution < 1.29 is 31.8 Å².